The number of hydrogen-bond donors (Lipinski definition) is 0. The number of ether oxygens (including phenoxy) is 1. The van der Waals surface area contributed by atoms with Gasteiger partial charge in [-0.3, -0.25) is 0 Å². The lowest BCUT2D eigenvalue weighted by atomic mass is 10.0. The topological polar surface area (TPSA) is 12.5 Å². The predicted octanol–water partition coefficient (Wildman–Crippen LogP) is 1.51. The second kappa shape index (κ2) is 4.73. The SMILES string of the molecule is COCCC1CCCCN1C. The van der Waals surface area contributed by atoms with Crippen LogP contribution in [0.4, 0.5) is 0 Å². The van der Waals surface area contributed by atoms with Crippen molar-refractivity contribution in [1.29, 1.82) is 0 Å². The summed E-state index contributed by atoms with van der Waals surface area (Å²) in [5.41, 5.74) is 0. The van der Waals surface area contributed by atoms with Gasteiger partial charge in [-0.05, 0) is 32.9 Å². The molecule has 1 unspecified atom stereocenters. The summed E-state index contributed by atoms with van der Waals surface area (Å²) in [5.74, 6) is 0. The Morgan fingerprint density at radius 1 is 1.45 bits per heavy atom. The quantitative estimate of drug-likeness (QED) is 0.615. The zero-order valence-corrected chi connectivity index (χ0v) is 7.68. The van der Waals surface area contributed by atoms with Gasteiger partial charge in [-0.2, -0.15) is 0 Å². The maximum atomic E-state index is 5.07. The molecule has 0 aliphatic carbocycles. The third-order valence-electron chi connectivity index (χ3n) is 2.58. The van der Waals surface area contributed by atoms with Crippen LogP contribution in [0.2, 0.25) is 0 Å². The smallest absolute Gasteiger partial charge is 0.0477 e. The third-order valence-corrected chi connectivity index (χ3v) is 2.58. The van der Waals surface area contributed by atoms with Crippen LogP contribution >= 0.6 is 0 Å². The first-order chi connectivity index (χ1) is 5.34. The number of piperidine rings is 1. The Morgan fingerprint density at radius 2 is 2.27 bits per heavy atom. The Labute approximate surface area is 69.5 Å². The summed E-state index contributed by atoms with van der Waals surface area (Å²) < 4.78 is 5.07. The molecule has 0 saturated carbocycles. The minimum Gasteiger partial charge on any atom is -0.385 e. The average molecular weight is 157 g/mol. The Kier molecular flexibility index (Phi) is 3.87. The first kappa shape index (κ1) is 9.01. The normalized spacial score (nSPS) is 27.3. The zero-order valence-electron chi connectivity index (χ0n) is 7.68. The average Bonchev–Trinajstić information content (AvgIpc) is 2.03. The maximum absolute atomic E-state index is 5.07. The van der Waals surface area contributed by atoms with Crippen LogP contribution in [0.1, 0.15) is 25.7 Å². The first-order valence-electron chi connectivity index (χ1n) is 4.54. The molecule has 2 nitrogen and oxygen atoms in total. The van der Waals surface area contributed by atoms with Crippen LogP contribution in [0, 0.1) is 0 Å². The molecule has 0 aromatic heterocycles. The van der Waals surface area contributed by atoms with Gasteiger partial charge >= 0.3 is 0 Å². The molecule has 1 heterocycles. The number of methoxy groups -OCH3 is 1. The van der Waals surface area contributed by atoms with Gasteiger partial charge in [-0.1, -0.05) is 6.42 Å². The van der Waals surface area contributed by atoms with Gasteiger partial charge < -0.3 is 9.64 Å². The Hall–Kier alpha value is -0.0800. The summed E-state index contributed by atoms with van der Waals surface area (Å²) >= 11 is 0. The molecular formula is C9H19NO. The monoisotopic (exact) mass is 157 g/mol. The van der Waals surface area contributed by atoms with Crippen molar-refractivity contribution in [2.24, 2.45) is 0 Å². The molecule has 0 spiro atoms. The molecule has 1 fully saturated rings. The van der Waals surface area contributed by atoms with Crippen molar-refractivity contribution in [3.8, 4) is 0 Å². The highest BCUT2D eigenvalue weighted by molar-refractivity contribution is 4.73. The van der Waals surface area contributed by atoms with E-state index in [4.69, 9.17) is 4.74 Å². The lowest BCUT2D eigenvalue weighted by molar-refractivity contribution is 0.123. The van der Waals surface area contributed by atoms with E-state index in [0.29, 0.717) is 0 Å². The highest BCUT2D eigenvalue weighted by Gasteiger charge is 2.17. The molecule has 1 rings (SSSR count). The van der Waals surface area contributed by atoms with Gasteiger partial charge in [-0.25, -0.2) is 0 Å². The van der Waals surface area contributed by atoms with Crippen molar-refractivity contribution >= 4 is 0 Å². The van der Waals surface area contributed by atoms with Gasteiger partial charge in [-0.15, -0.1) is 0 Å². The summed E-state index contributed by atoms with van der Waals surface area (Å²) in [6, 6.07) is 0.781. The van der Waals surface area contributed by atoms with Gasteiger partial charge in [0.25, 0.3) is 0 Å². The third kappa shape index (κ3) is 2.80. The van der Waals surface area contributed by atoms with Gasteiger partial charge in [0.05, 0.1) is 0 Å². The van der Waals surface area contributed by atoms with E-state index in [0.717, 1.165) is 12.6 Å². The van der Waals surface area contributed by atoms with E-state index in [9.17, 15) is 0 Å². The molecule has 1 saturated heterocycles. The van der Waals surface area contributed by atoms with E-state index in [1.165, 1.54) is 32.2 Å². The molecule has 0 amide bonds. The lowest BCUT2D eigenvalue weighted by Gasteiger charge is -2.32. The summed E-state index contributed by atoms with van der Waals surface area (Å²) in [7, 11) is 4.00. The predicted molar refractivity (Wildman–Crippen MR) is 46.8 cm³/mol. The van der Waals surface area contributed by atoms with Crippen molar-refractivity contribution in [2.75, 3.05) is 27.3 Å². The first-order valence-corrected chi connectivity index (χ1v) is 4.54. The molecule has 2 heteroatoms. The van der Waals surface area contributed by atoms with Crippen LogP contribution in [-0.4, -0.2) is 38.3 Å². The molecule has 66 valence electrons. The van der Waals surface area contributed by atoms with Crippen molar-refractivity contribution in [3.63, 3.8) is 0 Å². The van der Waals surface area contributed by atoms with Gasteiger partial charge in [0.1, 0.15) is 0 Å². The fourth-order valence-electron chi connectivity index (χ4n) is 1.76. The van der Waals surface area contributed by atoms with Crippen molar-refractivity contribution in [2.45, 2.75) is 31.7 Å². The molecule has 0 radical (unpaired) electrons. The van der Waals surface area contributed by atoms with Crippen molar-refractivity contribution < 1.29 is 4.74 Å². The van der Waals surface area contributed by atoms with Crippen LogP contribution in [0.3, 0.4) is 0 Å². The van der Waals surface area contributed by atoms with Crippen molar-refractivity contribution in [1.82, 2.24) is 4.90 Å². The van der Waals surface area contributed by atoms with E-state index in [2.05, 4.69) is 11.9 Å². The number of rotatable bonds is 3. The van der Waals surface area contributed by atoms with Crippen molar-refractivity contribution in [3.05, 3.63) is 0 Å². The van der Waals surface area contributed by atoms with Crippen LogP contribution in [-0.2, 0) is 4.74 Å². The number of likely N-dealkylation sites (tertiary alicyclic amines) is 1. The Balaban J connectivity index is 2.18. The van der Waals surface area contributed by atoms with Crippen LogP contribution in [0.15, 0.2) is 0 Å². The lowest BCUT2D eigenvalue weighted by Crippen LogP contribution is -2.36. The molecule has 0 bridgehead atoms. The fraction of sp³-hybridized carbons (Fsp3) is 1.00. The molecule has 11 heavy (non-hydrogen) atoms. The zero-order chi connectivity index (χ0) is 8.10. The minimum atomic E-state index is 0.781. The Morgan fingerprint density at radius 3 is 2.91 bits per heavy atom. The molecule has 0 aromatic rings. The van der Waals surface area contributed by atoms with Gasteiger partial charge in [0.2, 0.25) is 0 Å². The summed E-state index contributed by atoms with van der Waals surface area (Å²) in [5, 5.41) is 0. The standard InChI is InChI=1S/C9H19NO/c1-10-7-4-3-5-9(10)6-8-11-2/h9H,3-8H2,1-2H3. The van der Waals surface area contributed by atoms with Gasteiger partial charge in [0, 0.05) is 19.8 Å². The minimum absolute atomic E-state index is 0.781. The summed E-state index contributed by atoms with van der Waals surface area (Å²) in [4.78, 5) is 2.46. The highest BCUT2D eigenvalue weighted by Crippen LogP contribution is 2.17. The van der Waals surface area contributed by atoms with Crippen LogP contribution < -0.4 is 0 Å². The molecule has 0 N–H and O–H groups in total. The fourth-order valence-corrected chi connectivity index (χ4v) is 1.76. The second-order valence-electron chi connectivity index (χ2n) is 3.41. The highest BCUT2D eigenvalue weighted by atomic mass is 16.5. The molecule has 1 aliphatic heterocycles. The Bertz CT molecular complexity index is 106. The van der Waals surface area contributed by atoms with E-state index in [1.54, 1.807) is 7.11 Å². The molecule has 1 aliphatic rings. The maximum Gasteiger partial charge on any atom is 0.0477 e. The number of nitrogens with zero attached hydrogens (tertiary/aromatic N) is 1. The van der Waals surface area contributed by atoms with E-state index in [1.807, 2.05) is 0 Å². The van der Waals surface area contributed by atoms with Crippen LogP contribution in [0.5, 0.6) is 0 Å². The summed E-state index contributed by atoms with van der Waals surface area (Å²) in [6.07, 6.45) is 5.34. The second-order valence-corrected chi connectivity index (χ2v) is 3.41. The molecule has 1 atom stereocenters. The largest absolute Gasteiger partial charge is 0.385 e. The van der Waals surface area contributed by atoms with Crippen LogP contribution in [0.25, 0.3) is 0 Å². The van der Waals surface area contributed by atoms with Gasteiger partial charge in [0.15, 0.2) is 0 Å². The van der Waals surface area contributed by atoms with E-state index in [-0.39, 0.29) is 0 Å². The molecular weight excluding hydrogens is 138 g/mol. The molecule has 0 aromatic carbocycles. The number of hydrogen-bond acceptors (Lipinski definition) is 2. The van der Waals surface area contributed by atoms with E-state index < -0.39 is 0 Å². The van der Waals surface area contributed by atoms with E-state index >= 15 is 0 Å². The summed E-state index contributed by atoms with van der Waals surface area (Å²) in [6.45, 7) is 2.18.